The first-order valence-electron chi connectivity index (χ1n) is 6.68. The summed E-state index contributed by atoms with van der Waals surface area (Å²) < 4.78 is 29.6. The molecule has 3 nitrogen and oxygen atoms in total. The van der Waals surface area contributed by atoms with Gasteiger partial charge in [0.1, 0.15) is 5.75 Å². The van der Waals surface area contributed by atoms with Gasteiger partial charge in [-0.3, -0.25) is 4.79 Å². The fourth-order valence-corrected chi connectivity index (χ4v) is 3.00. The molecule has 0 saturated heterocycles. The Morgan fingerprint density at radius 2 is 1.91 bits per heavy atom. The van der Waals surface area contributed by atoms with Crippen molar-refractivity contribution in [3.63, 3.8) is 0 Å². The number of anilines is 1. The number of hydrogen-bond acceptors (Lipinski definition) is 4. The molecule has 0 saturated carbocycles. The Bertz CT molecular complexity index is 651. The fraction of sp³-hybridized carbons (Fsp3) is 0.188. The molecule has 0 bridgehead atoms. The van der Waals surface area contributed by atoms with Crippen molar-refractivity contribution in [1.29, 1.82) is 0 Å². The monoisotopic (exact) mass is 355 g/mol. The van der Waals surface area contributed by atoms with Crippen LogP contribution in [-0.4, -0.2) is 24.5 Å². The number of amides is 1. The minimum absolute atomic E-state index is 0.160. The smallest absolute Gasteiger partial charge is 0.288 e. The molecule has 2 aromatic rings. The first-order valence-corrected chi connectivity index (χ1v) is 8.55. The minimum Gasteiger partial charge on any atom is -0.497 e. The van der Waals surface area contributed by atoms with Crippen molar-refractivity contribution in [3.05, 3.63) is 48.5 Å². The maximum atomic E-state index is 12.2. The highest BCUT2D eigenvalue weighted by atomic mass is 32.2. The SMILES string of the molecule is COc1cccc(SCC(=O)Nc2ccc(SC(F)F)cc2)c1. The number of rotatable bonds is 7. The lowest BCUT2D eigenvalue weighted by Crippen LogP contribution is -2.13. The number of benzene rings is 2. The predicted molar refractivity (Wildman–Crippen MR) is 90.7 cm³/mol. The highest BCUT2D eigenvalue weighted by Gasteiger charge is 2.07. The first-order chi connectivity index (χ1) is 11.1. The van der Waals surface area contributed by atoms with Crippen molar-refractivity contribution < 1.29 is 18.3 Å². The molecule has 1 N–H and O–H groups in total. The highest BCUT2D eigenvalue weighted by molar-refractivity contribution is 8.00. The van der Waals surface area contributed by atoms with E-state index < -0.39 is 5.76 Å². The van der Waals surface area contributed by atoms with Gasteiger partial charge in [-0.2, -0.15) is 8.78 Å². The number of nitrogens with one attached hydrogen (secondary N) is 1. The largest absolute Gasteiger partial charge is 0.497 e. The Balaban J connectivity index is 1.84. The standard InChI is InChI=1S/C16H15F2NO2S2/c1-21-12-3-2-4-14(9-12)22-10-15(20)19-11-5-7-13(8-6-11)23-16(17)18/h2-9,16H,10H2,1H3,(H,19,20). The van der Waals surface area contributed by atoms with Crippen molar-refractivity contribution in [2.75, 3.05) is 18.2 Å². The molecule has 0 aliphatic rings. The maximum Gasteiger partial charge on any atom is 0.288 e. The number of carbonyl (C=O) groups excluding carboxylic acids is 1. The summed E-state index contributed by atoms with van der Waals surface area (Å²) in [5.41, 5.74) is 0.583. The van der Waals surface area contributed by atoms with Crippen LogP contribution < -0.4 is 10.1 Å². The number of thioether (sulfide) groups is 2. The second-order valence-electron chi connectivity index (χ2n) is 4.42. The van der Waals surface area contributed by atoms with Crippen LogP contribution in [0.25, 0.3) is 0 Å². The second kappa shape index (κ2) is 8.79. The van der Waals surface area contributed by atoms with E-state index in [1.165, 1.54) is 11.8 Å². The van der Waals surface area contributed by atoms with Gasteiger partial charge in [-0.15, -0.1) is 11.8 Å². The van der Waals surface area contributed by atoms with E-state index in [9.17, 15) is 13.6 Å². The number of methoxy groups -OCH3 is 1. The molecule has 2 rings (SSSR count). The van der Waals surface area contributed by atoms with Crippen molar-refractivity contribution in [1.82, 2.24) is 0 Å². The molecule has 0 fully saturated rings. The van der Waals surface area contributed by atoms with Crippen molar-refractivity contribution in [2.45, 2.75) is 15.5 Å². The van der Waals surface area contributed by atoms with E-state index in [1.807, 2.05) is 24.3 Å². The van der Waals surface area contributed by atoms with Gasteiger partial charge in [0.2, 0.25) is 5.91 Å². The van der Waals surface area contributed by atoms with E-state index in [0.29, 0.717) is 22.3 Å². The van der Waals surface area contributed by atoms with Gasteiger partial charge in [0.05, 0.1) is 12.9 Å². The number of hydrogen-bond donors (Lipinski definition) is 1. The number of alkyl halides is 2. The Morgan fingerprint density at radius 3 is 2.57 bits per heavy atom. The summed E-state index contributed by atoms with van der Waals surface area (Å²) in [4.78, 5) is 13.3. The zero-order chi connectivity index (χ0) is 16.7. The normalized spacial score (nSPS) is 10.6. The zero-order valence-corrected chi connectivity index (χ0v) is 13.9. The molecular weight excluding hydrogens is 340 g/mol. The Labute approximate surface area is 141 Å². The summed E-state index contributed by atoms with van der Waals surface area (Å²) in [7, 11) is 1.59. The van der Waals surface area contributed by atoms with Crippen LogP contribution >= 0.6 is 23.5 Å². The molecule has 0 unspecified atom stereocenters. The van der Waals surface area contributed by atoms with Crippen LogP contribution in [0.1, 0.15) is 0 Å². The average molecular weight is 355 g/mol. The van der Waals surface area contributed by atoms with Crippen LogP contribution in [0.15, 0.2) is 58.3 Å². The lowest BCUT2D eigenvalue weighted by atomic mass is 10.3. The number of carbonyl (C=O) groups is 1. The van der Waals surface area contributed by atoms with Crippen molar-refractivity contribution in [3.8, 4) is 5.75 Å². The molecule has 0 aliphatic heterocycles. The zero-order valence-electron chi connectivity index (χ0n) is 12.3. The van der Waals surface area contributed by atoms with Crippen molar-refractivity contribution in [2.24, 2.45) is 0 Å². The van der Waals surface area contributed by atoms with Gasteiger partial charge in [-0.1, -0.05) is 17.8 Å². The Hall–Kier alpha value is -1.73. The van der Waals surface area contributed by atoms with Crippen LogP contribution in [-0.2, 0) is 4.79 Å². The van der Waals surface area contributed by atoms with E-state index in [4.69, 9.17) is 4.74 Å². The van der Waals surface area contributed by atoms with E-state index >= 15 is 0 Å². The quantitative estimate of drug-likeness (QED) is 0.728. The molecule has 0 spiro atoms. The van der Waals surface area contributed by atoms with Gasteiger partial charge in [0, 0.05) is 15.5 Å². The van der Waals surface area contributed by atoms with Crippen molar-refractivity contribution >= 4 is 35.1 Å². The molecule has 122 valence electrons. The summed E-state index contributed by atoms with van der Waals surface area (Å²) >= 11 is 1.87. The van der Waals surface area contributed by atoms with E-state index in [1.54, 1.807) is 31.4 Å². The Morgan fingerprint density at radius 1 is 1.17 bits per heavy atom. The fourth-order valence-electron chi connectivity index (χ4n) is 1.76. The second-order valence-corrected chi connectivity index (χ2v) is 6.53. The van der Waals surface area contributed by atoms with Gasteiger partial charge >= 0.3 is 0 Å². The van der Waals surface area contributed by atoms with E-state index in [2.05, 4.69) is 5.32 Å². The molecular formula is C16H15F2NO2S2. The topological polar surface area (TPSA) is 38.3 Å². The third kappa shape index (κ3) is 6.11. The molecule has 0 aliphatic carbocycles. The molecule has 0 aromatic heterocycles. The van der Waals surface area contributed by atoms with E-state index in [-0.39, 0.29) is 11.7 Å². The van der Waals surface area contributed by atoms with Gasteiger partial charge < -0.3 is 10.1 Å². The third-order valence-electron chi connectivity index (χ3n) is 2.77. The van der Waals surface area contributed by atoms with Crippen LogP contribution in [0.2, 0.25) is 0 Å². The average Bonchev–Trinajstić information content (AvgIpc) is 2.54. The van der Waals surface area contributed by atoms with Gasteiger partial charge in [-0.05, 0) is 42.5 Å². The third-order valence-corrected chi connectivity index (χ3v) is 4.49. The van der Waals surface area contributed by atoms with Gasteiger partial charge in [-0.25, -0.2) is 0 Å². The lowest BCUT2D eigenvalue weighted by molar-refractivity contribution is -0.113. The molecule has 0 atom stereocenters. The molecule has 0 heterocycles. The van der Waals surface area contributed by atoms with Crippen LogP contribution in [0.3, 0.4) is 0 Å². The van der Waals surface area contributed by atoms with Crippen LogP contribution in [0, 0.1) is 0 Å². The summed E-state index contributed by atoms with van der Waals surface area (Å²) in [5, 5.41) is 2.73. The number of ether oxygens (including phenoxy) is 1. The summed E-state index contributed by atoms with van der Waals surface area (Å²) in [6.45, 7) is 0. The molecule has 0 radical (unpaired) electrons. The molecule has 23 heavy (non-hydrogen) atoms. The predicted octanol–water partition coefficient (Wildman–Crippen LogP) is 4.74. The Kier molecular flexibility index (Phi) is 6.73. The summed E-state index contributed by atoms with van der Waals surface area (Å²) in [6, 6.07) is 13.8. The van der Waals surface area contributed by atoms with Crippen LogP contribution in [0.4, 0.5) is 14.5 Å². The molecule has 1 amide bonds. The highest BCUT2D eigenvalue weighted by Crippen LogP contribution is 2.26. The number of halogens is 2. The minimum atomic E-state index is -2.45. The summed E-state index contributed by atoms with van der Waals surface area (Å²) in [6.07, 6.45) is 0. The first kappa shape index (κ1) is 17.6. The lowest BCUT2D eigenvalue weighted by Gasteiger charge is -2.07. The van der Waals surface area contributed by atoms with Gasteiger partial charge in [0.15, 0.2) is 0 Å². The summed E-state index contributed by atoms with van der Waals surface area (Å²) in [5.74, 6) is -1.62. The molecule has 7 heteroatoms. The maximum absolute atomic E-state index is 12.2. The van der Waals surface area contributed by atoms with Gasteiger partial charge in [0.25, 0.3) is 5.76 Å². The molecule has 2 aromatic carbocycles. The van der Waals surface area contributed by atoms with E-state index in [0.717, 1.165) is 10.6 Å². The van der Waals surface area contributed by atoms with Crippen LogP contribution in [0.5, 0.6) is 5.75 Å².